The number of benzene rings is 4. The summed E-state index contributed by atoms with van der Waals surface area (Å²) in [5.74, 6) is 0.0214. The van der Waals surface area contributed by atoms with E-state index in [9.17, 15) is 9.59 Å². The van der Waals surface area contributed by atoms with Crippen molar-refractivity contribution in [1.29, 1.82) is 0 Å². The van der Waals surface area contributed by atoms with Crippen molar-refractivity contribution < 1.29 is 14.3 Å². The first-order valence-electron chi connectivity index (χ1n) is 12.1. The van der Waals surface area contributed by atoms with Crippen molar-refractivity contribution in [2.45, 2.75) is 18.8 Å². The highest BCUT2D eigenvalue weighted by Gasteiger charge is 2.31. The number of amides is 1. The van der Waals surface area contributed by atoms with Crippen LogP contribution >= 0.6 is 0 Å². The van der Waals surface area contributed by atoms with Gasteiger partial charge in [0.25, 0.3) is 0 Å². The molecule has 35 heavy (non-hydrogen) atoms. The molecule has 4 heteroatoms. The average molecular weight is 460 g/mol. The van der Waals surface area contributed by atoms with Crippen LogP contribution < -0.4 is 4.90 Å². The molecule has 0 fully saturated rings. The molecular formula is C31H25NO3. The number of hydrogen-bond acceptors (Lipinski definition) is 3. The Balaban J connectivity index is 1.21. The molecule has 0 spiro atoms. The maximum atomic E-state index is 13.2. The van der Waals surface area contributed by atoms with Gasteiger partial charge in [-0.1, -0.05) is 78.9 Å². The van der Waals surface area contributed by atoms with Crippen LogP contribution in [-0.4, -0.2) is 25.0 Å². The number of anilines is 1. The van der Waals surface area contributed by atoms with E-state index in [1.54, 1.807) is 4.90 Å². The fraction of sp³-hybridized carbons (Fsp3) is 0.161. The number of nitrogens with zero attached hydrogens (tertiary/aromatic N) is 1. The molecule has 0 aromatic heterocycles. The van der Waals surface area contributed by atoms with Gasteiger partial charge in [-0.05, 0) is 58.9 Å². The molecule has 0 atom stereocenters. The standard InChI is InChI=1S/C31H25NO3/c33-30(21-9-2-1-3-10-21)23-16-17-29-22(19-23)11-8-18-32(29)31(34)35-20-28-26-14-6-4-12-24(26)25-13-5-7-15-27(25)28/h1-7,9-10,12-17,19,28H,8,11,18,20H2. The second-order valence-electron chi connectivity index (χ2n) is 9.10. The molecule has 0 saturated carbocycles. The van der Waals surface area contributed by atoms with Gasteiger partial charge in [-0.25, -0.2) is 4.79 Å². The summed E-state index contributed by atoms with van der Waals surface area (Å²) in [4.78, 5) is 27.8. The Morgan fingerprint density at radius 3 is 2.14 bits per heavy atom. The third-order valence-corrected chi connectivity index (χ3v) is 7.05. The van der Waals surface area contributed by atoms with E-state index in [1.165, 1.54) is 22.3 Å². The zero-order valence-corrected chi connectivity index (χ0v) is 19.3. The van der Waals surface area contributed by atoms with Gasteiger partial charge >= 0.3 is 6.09 Å². The topological polar surface area (TPSA) is 46.6 Å². The van der Waals surface area contributed by atoms with Crippen molar-refractivity contribution in [3.8, 4) is 11.1 Å². The highest BCUT2D eigenvalue weighted by Crippen LogP contribution is 2.44. The van der Waals surface area contributed by atoms with Crippen LogP contribution in [0.15, 0.2) is 97.1 Å². The molecule has 0 bridgehead atoms. The molecule has 4 aromatic rings. The van der Waals surface area contributed by atoms with Crippen LogP contribution in [0, 0.1) is 0 Å². The molecule has 6 rings (SSSR count). The molecule has 4 aromatic carbocycles. The normalized spacial score (nSPS) is 14.1. The molecule has 0 saturated heterocycles. The molecule has 4 nitrogen and oxygen atoms in total. The fourth-order valence-electron chi connectivity index (χ4n) is 5.36. The average Bonchev–Trinajstić information content (AvgIpc) is 3.24. The highest BCUT2D eigenvalue weighted by atomic mass is 16.6. The van der Waals surface area contributed by atoms with E-state index in [1.807, 2.05) is 72.8 Å². The molecule has 0 unspecified atom stereocenters. The fourth-order valence-corrected chi connectivity index (χ4v) is 5.36. The van der Waals surface area contributed by atoms with Gasteiger partial charge in [0.05, 0.1) is 5.69 Å². The molecule has 1 amide bonds. The molecule has 2 aliphatic rings. The Morgan fingerprint density at radius 1 is 0.771 bits per heavy atom. The first-order valence-corrected chi connectivity index (χ1v) is 12.1. The lowest BCUT2D eigenvalue weighted by molar-refractivity contribution is 0.103. The summed E-state index contributed by atoms with van der Waals surface area (Å²) in [7, 11) is 0. The first kappa shape index (κ1) is 21.4. The maximum Gasteiger partial charge on any atom is 0.414 e. The summed E-state index contributed by atoms with van der Waals surface area (Å²) in [6, 6.07) is 31.6. The quantitative estimate of drug-likeness (QED) is 0.322. The predicted octanol–water partition coefficient (Wildman–Crippen LogP) is 6.62. The number of fused-ring (bicyclic) bond motifs is 4. The molecule has 0 N–H and O–H groups in total. The van der Waals surface area contributed by atoms with Crippen molar-refractivity contribution >= 4 is 17.6 Å². The second-order valence-corrected chi connectivity index (χ2v) is 9.10. The SMILES string of the molecule is O=C(c1ccccc1)c1ccc2c(c1)CCCN2C(=O)OCC1c2ccccc2-c2ccccc21. The molecule has 0 radical (unpaired) electrons. The van der Waals surface area contributed by atoms with Crippen LogP contribution in [0.25, 0.3) is 11.1 Å². The number of ketones is 1. The highest BCUT2D eigenvalue weighted by molar-refractivity contribution is 6.09. The zero-order chi connectivity index (χ0) is 23.8. The van der Waals surface area contributed by atoms with Crippen molar-refractivity contribution in [3.63, 3.8) is 0 Å². The monoisotopic (exact) mass is 459 g/mol. The summed E-state index contributed by atoms with van der Waals surface area (Å²) in [5.41, 5.74) is 7.96. The smallest absolute Gasteiger partial charge is 0.414 e. The van der Waals surface area contributed by atoms with Crippen LogP contribution in [0.5, 0.6) is 0 Å². The minimum absolute atomic E-state index is 0.00772. The Hall–Kier alpha value is -4.18. The van der Waals surface area contributed by atoms with Crippen LogP contribution in [0.3, 0.4) is 0 Å². The van der Waals surface area contributed by atoms with Gasteiger partial charge in [-0.3, -0.25) is 9.69 Å². The predicted molar refractivity (Wildman–Crippen MR) is 137 cm³/mol. The van der Waals surface area contributed by atoms with Crippen molar-refractivity contribution in [2.75, 3.05) is 18.1 Å². The number of hydrogen-bond donors (Lipinski definition) is 0. The number of aryl methyl sites for hydroxylation is 1. The molecule has 172 valence electrons. The Bertz CT molecular complexity index is 1380. The number of rotatable bonds is 4. The Morgan fingerprint density at radius 2 is 1.43 bits per heavy atom. The van der Waals surface area contributed by atoms with Crippen LogP contribution in [0.2, 0.25) is 0 Å². The third kappa shape index (κ3) is 3.81. The van der Waals surface area contributed by atoms with Crippen molar-refractivity contribution in [2.24, 2.45) is 0 Å². The summed E-state index contributed by atoms with van der Waals surface area (Å²) < 4.78 is 5.90. The van der Waals surface area contributed by atoms with Crippen LogP contribution in [0.4, 0.5) is 10.5 Å². The Kier molecular flexibility index (Phi) is 5.42. The minimum atomic E-state index is -0.338. The van der Waals surface area contributed by atoms with E-state index >= 15 is 0 Å². The molecule has 1 heterocycles. The van der Waals surface area contributed by atoms with Gasteiger partial charge in [0.15, 0.2) is 5.78 Å². The van der Waals surface area contributed by atoms with E-state index in [0.29, 0.717) is 24.3 Å². The van der Waals surface area contributed by atoms with Gasteiger partial charge < -0.3 is 4.74 Å². The summed E-state index contributed by atoms with van der Waals surface area (Å²) in [6.45, 7) is 0.902. The van der Waals surface area contributed by atoms with E-state index in [4.69, 9.17) is 4.74 Å². The molecule has 1 aliphatic carbocycles. The van der Waals surface area contributed by atoms with E-state index in [2.05, 4.69) is 24.3 Å². The molecular weight excluding hydrogens is 434 g/mol. The van der Waals surface area contributed by atoms with E-state index in [0.717, 1.165) is 24.1 Å². The number of carbonyl (C=O) groups excluding carboxylic acids is 2. The van der Waals surface area contributed by atoms with Gasteiger partial charge in [0.2, 0.25) is 0 Å². The summed E-state index contributed by atoms with van der Waals surface area (Å²) in [6.07, 6.45) is 1.33. The largest absolute Gasteiger partial charge is 0.448 e. The van der Waals surface area contributed by atoms with Gasteiger partial charge in [0, 0.05) is 23.6 Å². The third-order valence-electron chi connectivity index (χ3n) is 7.05. The van der Waals surface area contributed by atoms with Crippen LogP contribution in [-0.2, 0) is 11.2 Å². The van der Waals surface area contributed by atoms with Gasteiger partial charge in [-0.2, -0.15) is 0 Å². The van der Waals surface area contributed by atoms with Gasteiger partial charge in [-0.15, -0.1) is 0 Å². The lowest BCUT2D eigenvalue weighted by atomic mass is 9.96. The van der Waals surface area contributed by atoms with Gasteiger partial charge in [0.1, 0.15) is 6.61 Å². The lowest BCUT2D eigenvalue weighted by Crippen LogP contribution is -2.36. The van der Waals surface area contributed by atoms with E-state index < -0.39 is 0 Å². The summed E-state index contributed by atoms with van der Waals surface area (Å²) in [5, 5.41) is 0. The van der Waals surface area contributed by atoms with E-state index in [-0.39, 0.29) is 17.8 Å². The number of ether oxygens (including phenoxy) is 1. The second kappa shape index (κ2) is 8.88. The van der Waals surface area contributed by atoms with Crippen molar-refractivity contribution in [3.05, 3.63) is 125 Å². The Labute approximate surface area is 204 Å². The minimum Gasteiger partial charge on any atom is -0.448 e. The zero-order valence-electron chi connectivity index (χ0n) is 19.3. The maximum absolute atomic E-state index is 13.2. The first-order chi connectivity index (χ1) is 17.2. The molecule has 1 aliphatic heterocycles. The van der Waals surface area contributed by atoms with Crippen LogP contribution in [0.1, 0.15) is 45.0 Å². The number of carbonyl (C=O) groups is 2. The lowest BCUT2D eigenvalue weighted by Gasteiger charge is -2.29. The summed E-state index contributed by atoms with van der Waals surface area (Å²) >= 11 is 0. The van der Waals surface area contributed by atoms with Crippen molar-refractivity contribution in [1.82, 2.24) is 0 Å².